The predicted molar refractivity (Wildman–Crippen MR) is 100.0 cm³/mol. The van der Waals surface area contributed by atoms with Gasteiger partial charge < -0.3 is 16.4 Å². The van der Waals surface area contributed by atoms with Crippen LogP contribution in [0.4, 0.5) is 11.4 Å². The first kappa shape index (κ1) is 17.0. The zero-order valence-electron chi connectivity index (χ0n) is 13.3. The number of benzene rings is 2. The summed E-state index contributed by atoms with van der Waals surface area (Å²) in [5.41, 5.74) is 8.73. The molecule has 0 aliphatic rings. The Bertz CT molecular complexity index is 680. The zero-order chi connectivity index (χ0) is 16.8. The minimum Gasteiger partial charge on any atom is -0.366 e. The van der Waals surface area contributed by atoms with Gasteiger partial charge in [-0.1, -0.05) is 26.0 Å². The van der Waals surface area contributed by atoms with E-state index in [2.05, 4.69) is 36.6 Å². The molecule has 23 heavy (non-hydrogen) atoms. The van der Waals surface area contributed by atoms with E-state index >= 15 is 0 Å². The maximum absolute atomic E-state index is 11.0. The Kier molecular flexibility index (Phi) is 5.71. The SMILES string of the molecule is CCC(C)c1ccc(NC(=S)Nc2ccc(C(N)=O)cc2)cc1. The molecule has 4 nitrogen and oxygen atoms in total. The van der Waals surface area contributed by atoms with E-state index in [0.29, 0.717) is 16.6 Å². The monoisotopic (exact) mass is 327 g/mol. The molecule has 4 N–H and O–H groups in total. The van der Waals surface area contributed by atoms with Crippen LogP contribution < -0.4 is 16.4 Å². The van der Waals surface area contributed by atoms with Crippen molar-refractivity contribution in [2.75, 3.05) is 10.6 Å². The fourth-order valence-corrected chi connectivity index (χ4v) is 2.38. The first-order valence-corrected chi connectivity index (χ1v) is 7.98. The average molecular weight is 327 g/mol. The summed E-state index contributed by atoms with van der Waals surface area (Å²) >= 11 is 5.30. The molecule has 2 aromatic rings. The van der Waals surface area contributed by atoms with Gasteiger partial charge in [0.15, 0.2) is 5.11 Å². The zero-order valence-corrected chi connectivity index (χ0v) is 14.1. The van der Waals surface area contributed by atoms with Crippen LogP contribution in [0.5, 0.6) is 0 Å². The van der Waals surface area contributed by atoms with Gasteiger partial charge in [0, 0.05) is 16.9 Å². The van der Waals surface area contributed by atoms with Gasteiger partial charge in [0.25, 0.3) is 0 Å². The van der Waals surface area contributed by atoms with E-state index in [4.69, 9.17) is 18.0 Å². The van der Waals surface area contributed by atoms with Crippen LogP contribution in [-0.4, -0.2) is 11.0 Å². The molecule has 120 valence electrons. The first-order valence-electron chi connectivity index (χ1n) is 7.57. The number of nitrogens with one attached hydrogen (secondary N) is 2. The molecule has 0 aliphatic carbocycles. The van der Waals surface area contributed by atoms with Gasteiger partial charge in [-0.25, -0.2) is 0 Å². The second-order valence-electron chi connectivity index (χ2n) is 5.45. The van der Waals surface area contributed by atoms with Crippen molar-refractivity contribution in [3.05, 3.63) is 59.7 Å². The highest BCUT2D eigenvalue weighted by atomic mass is 32.1. The Hall–Kier alpha value is -2.40. The van der Waals surface area contributed by atoms with E-state index in [1.54, 1.807) is 24.3 Å². The van der Waals surface area contributed by atoms with Gasteiger partial charge in [-0.2, -0.15) is 0 Å². The van der Waals surface area contributed by atoms with Crippen molar-refractivity contribution in [1.29, 1.82) is 0 Å². The Morgan fingerprint density at radius 3 is 1.96 bits per heavy atom. The highest BCUT2D eigenvalue weighted by Gasteiger charge is 2.04. The van der Waals surface area contributed by atoms with Crippen LogP contribution in [0.3, 0.4) is 0 Å². The molecule has 0 fully saturated rings. The van der Waals surface area contributed by atoms with Gasteiger partial charge in [0.1, 0.15) is 0 Å². The number of carbonyl (C=O) groups is 1. The van der Waals surface area contributed by atoms with Gasteiger partial charge in [-0.05, 0) is 66.5 Å². The van der Waals surface area contributed by atoms with Gasteiger partial charge in [-0.3, -0.25) is 4.79 Å². The number of primary amides is 1. The molecule has 0 bridgehead atoms. The predicted octanol–water partition coefficient (Wildman–Crippen LogP) is 4.11. The summed E-state index contributed by atoms with van der Waals surface area (Å²) in [6.07, 6.45) is 1.12. The number of hydrogen-bond donors (Lipinski definition) is 3. The van der Waals surface area contributed by atoms with E-state index in [1.165, 1.54) is 5.56 Å². The van der Waals surface area contributed by atoms with Crippen molar-refractivity contribution < 1.29 is 4.79 Å². The summed E-state index contributed by atoms with van der Waals surface area (Å²) in [4.78, 5) is 11.0. The van der Waals surface area contributed by atoms with Crippen molar-refractivity contribution in [2.45, 2.75) is 26.2 Å². The smallest absolute Gasteiger partial charge is 0.248 e. The van der Waals surface area contributed by atoms with E-state index in [-0.39, 0.29) is 0 Å². The lowest BCUT2D eigenvalue weighted by atomic mass is 9.99. The van der Waals surface area contributed by atoms with Crippen molar-refractivity contribution >= 4 is 34.6 Å². The summed E-state index contributed by atoms with van der Waals surface area (Å²) < 4.78 is 0. The molecule has 1 unspecified atom stereocenters. The van der Waals surface area contributed by atoms with Gasteiger partial charge in [0.2, 0.25) is 5.91 Å². The Balaban J connectivity index is 1.95. The maximum atomic E-state index is 11.0. The Morgan fingerprint density at radius 2 is 1.52 bits per heavy atom. The molecule has 0 radical (unpaired) electrons. The quantitative estimate of drug-likeness (QED) is 0.723. The van der Waals surface area contributed by atoms with E-state index in [9.17, 15) is 4.79 Å². The van der Waals surface area contributed by atoms with E-state index < -0.39 is 5.91 Å². The van der Waals surface area contributed by atoms with E-state index in [0.717, 1.165) is 17.8 Å². The number of nitrogens with two attached hydrogens (primary N) is 1. The minimum atomic E-state index is -0.446. The van der Waals surface area contributed by atoms with Crippen LogP contribution >= 0.6 is 12.2 Å². The number of anilines is 2. The number of amides is 1. The lowest BCUT2D eigenvalue weighted by molar-refractivity contribution is 0.100. The third-order valence-corrected chi connectivity index (χ3v) is 3.98. The van der Waals surface area contributed by atoms with E-state index in [1.807, 2.05) is 12.1 Å². The second kappa shape index (κ2) is 7.74. The van der Waals surface area contributed by atoms with Gasteiger partial charge in [0.05, 0.1) is 0 Å². The Labute approximate surface area is 142 Å². The molecule has 0 spiro atoms. The molecule has 1 amide bonds. The molecule has 2 aromatic carbocycles. The average Bonchev–Trinajstić information content (AvgIpc) is 2.55. The molecule has 5 heteroatoms. The second-order valence-corrected chi connectivity index (χ2v) is 5.86. The maximum Gasteiger partial charge on any atom is 0.248 e. The lowest BCUT2D eigenvalue weighted by Gasteiger charge is -2.13. The molecule has 2 rings (SSSR count). The van der Waals surface area contributed by atoms with Crippen molar-refractivity contribution in [3.8, 4) is 0 Å². The van der Waals surface area contributed by atoms with Gasteiger partial charge in [-0.15, -0.1) is 0 Å². The number of thiocarbonyl (C=S) groups is 1. The fourth-order valence-electron chi connectivity index (χ4n) is 2.14. The van der Waals surface area contributed by atoms with Crippen LogP contribution in [0.15, 0.2) is 48.5 Å². The molecule has 0 aromatic heterocycles. The summed E-state index contributed by atoms with van der Waals surface area (Å²) in [6, 6.07) is 15.1. The fraction of sp³-hybridized carbons (Fsp3) is 0.222. The molecular formula is C18H21N3OS. The van der Waals surface area contributed by atoms with Crippen LogP contribution in [-0.2, 0) is 0 Å². The number of hydrogen-bond acceptors (Lipinski definition) is 2. The summed E-state index contributed by atoms with van der Waals surface area (Å²) in [5, 5.41) is 6.71. The molecule has 0 saturated heterocycles. The van der Waals surface area contributed by atoms with Crippen molar-refractivity contribution in [3.63, 3.8) is 0 Å². The molecule has 0 heterocycles. The lowest BCUT2D eigenvalue weighted by Crippen LogP contribution is -2.19. The summed E-state index contributed by atoms with van der Waals surface area (Å²) in [5.74, 6) is 0.108. The minimum absolute atomic E-state index is 0.446. The van der Waals surface area contributed by atoms with Crippen LogP contribution in [0.25, 0.3) is 0 Å². The summed E-state index contributed by atoms with van der Waals surface area (Å²) in [6.45, 7) is 4.39. The van der Waals surface area contributed by atoms with Crippen molar-refractivity contribution in [1.82, 2.24) is 0 Å². The van der Waals surface area contributed by atoms with Crippen LogP contribution in [0.2, 0.25) is 0 Å². The third-order valence-electron chi connectivity index (χ3n) is 3.78. The van der Waals surface area contributed by atoms with Crippen LogP contribution in [0.1, 0.15) is 42.1 Å². The highest BCUT2D eigenvalue weighted by molar-refractivity contribution is 7.80. The largest absolute Gasteiger partial charge is 0.366 e. The molecule has 0 saturated carbocycles. The topological polar surface area (TPSA) is 67.2 Å². The molecular weight excluding hydrogens is 306 g/mol. The first-order chi connectivity index (χ1) is 11.0. The Morgan fingerprint density at radius 1 is 1.04 bits per heavy atom. The van der Waals surface area contributed by atoms with Crippen molar-refractivity contribution in [2.24, 2.45) is 5.73 Å². The number of rotatable bonds is 5. The standard InChI is InChI=1S/C18H21N3OS/c1-3-12(2)13-4-8-15(9-5-13)20-18(23)21-16-10-6-14(7-11-16)17(19)22/h4-12H,3H2,1-2H3,(H2,19,22)(H2,20,21,23). The third kappa shape index (κ3) is 4.79. The highest BCUT2D eigenvalue weighted by Crippen LogP contribution is 2.20. The molecule has 1 atom stereocenters. The van der Waals surface area contributed by atoms with Gasteiger partial charge >= 0.3 is 0 Å². The summed E-state index contributed by atoms with van der Waals surface area (Å²) in [7, 11) is 0. The number of carbonyl (C=O) groups excluding carboxylic acids is 1. The molecule has 0 aliphatic heterocycles. The van der Waals surface area contributed by atoms with Crippen LogP contribution in [0, 0.1) is 0 Å². The normalized spacial score (nSPS) is 11.6.